The molecule has 2 amide bonds. The largest absolute Gasteiger partial charge is 0.326 e. The van der Waals surface area contributed by atoms with Crippen molar-refractivity contribution in [3.8, 4) is 0 Å². The minimum atomic E-state index is -0.122. The van der Waals surface area contributed by atoms with E-state index in [9.17, 15) is 9.59 Å². The number of hydrogen-bond acceptors (Lipinski definition) is 2. The third-order valence-corrected chi connectivity index (χ3v) is 2.84. The van der Waals surface area contributed by atoms with E-state index in [0.29, 0.717) is 5.56 Å². The van der Waals surface area contributed by atoms with E-state index in [1.165, 1.54) is 6.92 Å². The Hall–Kier alpha value is -2.36. The molecule has 0 radical (unpaired) electrons. The fourth-order valence-corrected chi connectivity index (χ4v) is 2.19. The maximum absolute atomic E-state index is 11.7. The summed E-state index contributed by atoms with van der Waals surface area (Å²) in [5.41, 5.74) is 2.19. The highest BCUT2D eigenvalue weighted by Gasteiger charge is 2.22. The maximum Gasteiger partial charge on any atom is 0.256 e. The highest BCUT2D eigenvalue weighted by molar-refractivity contribution is 6.26. The van der Waals surface area contributed by atoms with Gasteiger partial charge >= 0.3 is 0 Å². The SMILES string of the molecule is CC(=O)Nc1ccc2c3c(cccc13)NC2=O. The Kier molecular flexibility index (Phi) is 1.92. The molecule has 4 heteroatoms. The van der Waals surface area contributed by atoms with E-state index in [-0.39, 0.29) is 11.8 Å². The van der Waals surface area contributed by atoms with Crippen molar-refractivity contribution in [3.63, 3.8) is 0 Å². The monoisotopic (exact) mass is 226 g/mol. The Morgan fingerprint density at radius 3 is 2.82 bits per heavy atom. The van der Waals surface area contributed by atoms with E-state index in [1.54, 1.807) is 12.1 Å². The number of rotatable bonds is 1. The van der Waals surface area contributed by atoms with Gasteiger partial charge in [-0.1, -0.05) is 12.1 Å². The first-order chi connectivity index (χ1) is 8.16. The first kappa shape index (κ1) is 9.84. The van der Waals surface area contributed by atoms with E-state index < -0.39 is 0 Å². The Bertz CT molecular complexity index is 662. The molecule has 3 rings (SSSR count). The van der Waals surface area contributed by atoms with Crippen LogP contribution < -0.4 is 10.6 Å². The van der Waals surface area contributed by atoms with Gasteiger partial charge in [-0.05, 0) is 18.2 Å². The number of carbonyl (C=O) groups is 2. The van der Waals surface area contributed by atoms with Crippen molar-refractivity contribution in [2.24, 2.45) is 0 Å². The van der Waals surface area contributed by atoms with Gasteiger partial charge < -0.3 is 10.6 Å². The van der Waals surface area contributed by atoms with Crippen LogP contribution in [0.2, 0.25) is 0 Å². The predicted molar refractivity (Wildman–Crippen MR) is 66.2 cm³/mol. The Balaban J connectivity index is 2.33. The Morgan fingerprint density at radius 2 is 2.06 bits per heavy atom. The van der Waals surface area contributed by atoms with E-state index in [4.69, 9.17) is 0 Å². The fraction of sp³-hybridized carbons (Fsp3) is 0.0769. The average Bonchev–Trinajstić information content (AvgIpc) is 2.60. The molecule has 17 heavy (non-hydrogen) atoms. The number of carbonyl (C=O) groups excluding carboxylic acids is 2. The van der Waals surface area contributed by atoms with Crippen LogP contribution in [-0.2, 0) is 4.79 Å². The minimum absolute atomic E-state index is 0.0921. The standard InChI is InChI=1S/C13H10N2O2/c1-7(16)14-10-6-5-9-12-8(10)3-2-4-11(12)15-13(9)17/h2-6H,1H3,(H,14,16)(H,15,17). The zero-order valence-corrected chi connectivity index (χ0v) is 9.20. The summed E-state index contributed by atoms with van der Waals surface area (Å²) in [6, 6.07) is 9.10. The quantitative estimate of drug-likeness (QED) is 0.784. The lowest BCUT2D eigenvalue weighted by Gasteiger charge is -2.07. The molecule has 0 unspecified atom stereocenters. The fourth-order valence-electron chi connectivity index (χ4n) is 2.19. The van der Waals surface area contributed by atoms with E-state index >= 15 is 0 Å². The number of anilines is 2. The lowest BCUT2D eigenvalue weighted by Crippen LogP contribution is -2.06. The van der Waals surface area contributed by atoms with Crippen LogP contribution >= 0.6 is 0 Å². The summed E-state index contributed by atoms with van der Waals surface area (Å²) in [5, 5.41) is 7.33. The summed E-state index contributed by atoms with van der Waals surface area (Å²) in [6.45, 7) is 1.46. The highest BCUT2D eigenvalue weighted by Crippen LogP contribution is 2.36. The van der Waals surface area contributed by atoms with Crippen molar-refractivity contribution < 1.29 is 9.59 Å². The molecule has 1 heterocycles. The normalized spacial score (nSPS) is 12.6. The van der Waals surface area contributed by atoms with Crippen LogP contribution in [-0.4, -0.2) is 11.8 Å². The Labute approximate surface area is 97.6 Å². The zero-order chi connectivity index (χ0) is 12.0. The number of nitrogens with one attached hydrogen (secondary N) is 2. The summed E-state index contributed by atoms with van der Waals surface area (Å²) in [7, 11) is 0. The van der Waals surface area contributed by atoms with Crippen LogP contribution in [0.25, 0.3) is 10.8 Å². The summed E-state index contributed by atoms with van der Waals surface area (Å²) in [6.07, 6.45) is 0. The molecule has 2 aromatic rings. The second kappa shape index (κ2) is 3.31. The van der Waals surface area contributed by atoms with Crippen molar-refractivity contribution in [2.45, 2.75) is 6.92 Å². The summed E-state index contributed by atoms with van der Waals surface area (Å²) >= 11 is 0. The molecule has 0 atom stereocenters. The summed E-state index contributed by atoms with van der Waals surface area (Å²) in [4.78, 5) is 22.8. The van der Waals surface area contributed by atoms with Crippen LogP contribution in [0.5, 0.6) is 0 Å². The van der Waals surface area contributed by atoms with Gasteiger partial charge in [0.1, 0.15) is 0 Å². The summed E-state index contributed by atoms with van der Waals surface area (Å²) in [5.74, 6) is -0.214. The molecule has 0 saturated heterocycles. The smallest absolute Gasteiger partial charge is 0.256 e. The molecule has 0 bridgehead atoms. The summed E-state index contributed by atoms with van der Waals surface area (Å²) < 4.78 is 0. The van der Waals surface area contributed by atoms with Gasteiger partial charge in [0, 0.05) is 34.6 Å². The number of hydrogen-bond donors (Lipinski definition) is 2. The van der Waals surface area contributed by atoms with E-state index in [2.05, 4.69) is 10.6 Å². The second-order valence-corrected chi connectivity index (χ2v) is 4.02. The van der Waals surface area contributed by atoms with Gasteiger partial charge in [-0.25, -0.2) is 0 Å². The molecule has 84 valence electrons. The maximum atomic E-state index is 11.7. The molecule has 0 aromatic heterocycles. The molecule has 0 fully saturated rings. The van der Waals surface area contributed by atoms with Crippen molar-refractivity contribution in [1.29, 1.82) is 0 Å². The van der Waals surface area contributed by atoms with Gasteiger partial charge in [0.2, 0.25) is 5.91 Å². The molecule has 0 spiro atoms. The first-order valence-corrected chi connectivity index (χ1v) is 5.31. The van der Waals surface area contributed by atoms with Gasteiger partial charge in [-0.2, -0.15) is 0 Å². The number of amides is 2. The van der Waals surface area contributed by atoms with Crippen molar-refractivity contribution in [1.82, 2.24) is 0 Å². The topological polar surface area (TPSA) is 58.2 Å². The predicted octanol–water partition coefficient (Wildman–Crippen LogP) is 2.36. The highest BCUT2D eigenvalue weighted by atomic mass is 16.2. The molecule has 4 nitrogen and oxygen atoms in total. The van der Waals surface area contributed by atoms with E-state index in [1.807, 2.05) is 18.2 Å². The van der Waals surface area contributed by atoms with Gasteiger partial charge in [0.15, 0.2) is 0 Å². The van der Waals surface area contributed by atoms with Crippen LogP contribution in [0.3, 0.4) is 0 Å². The van der Waals surface area contributed by atoms with Gasteiger partial charge in [-0.3, -0.25) is 9.59 Å². The molecule has 2 aromatic carbocycles. The van der Waals surface area contributed by atoms with Crippen molar-refractivity contribution in [3.05, 3.63) is 35.9 Å². The van der Waals surface area contributed by atoms with Crippen molar-refractivity contribution in [2.75, 3.05) is 10.6 Å². The molecular weight excluding hydrogens is 216 g/mol. The van der Waals surface area contributed by atoms with E-state index in [0.717, 1.165) is 22.1 Å². The van der Waals surface area contributed by atoms with Crippen LogP contribution in [0.15, 0.2) is 30.3 Å². The van der Waals surface area contributed by atoms with Crippen LogP contribution in [0, 0.1) is 0 Å². The molecular formula is C13H10N2O2. The van der Waals surface area contributed by atoms with Crippen LogP contribution in [0.1, 0.15) is 17.3 Å². The third kappa shape index (κ3) is 1.38. The average molecular weight is 226 g/mol. The van der Waals surface area contributed by atoms with Crippen molar-refractivity contribution >= 4 is 34.0 Å². The third-order valence-electron chi connectivity index (χ3n) is 2.84. The lowest BCUT2D eigenvalue weighted by atomic mass is 10.0. The zero-order valence-electron chi connectivity index (χ0n) is 9.20. The minimum Gasteiger partial charge on any atom is -0.326 e. The first-order valence-electron chi connectivity index (χ1n) is 5.31. The number of benzene rings is 2. The van der Waals surface area contributed by atoms with Gasteiger partial charge in [0.05, 0.1) is 0 Å². The second-order valence-electron chi connectivity index (χ2n) is 4.02. The molecule has 1 aliphatic heterocycles. The lowest BCUT2D eigenvalue weighted by molar-refractivity contribution is -0.114. The Morgan fingerprint density at radius 1 is 1.24 bits per heavy atom. The van der Waals surface area contributed by atoms with Crippen LogP contribution in [0.4, 0.5) is 11.4 Å². The molecule has 2 N–H and O–H groups in total. The molecule has 1 aliphatic rings. The molecule has 0 aliphatic carbocycles. The van der Waals surface area contributed by atoms with Gasteiger partial charge in [0.25, 0.3) is 5.91 Å². The molecule has 0 saturated carbocycles. The van der Waals surface area contributed by atoms with Gasteiger partial charge in [-0.15, -0.1) is 0 Å².